The predicted octanol–water partition coefficient (Wildman–Crippen LogP) is 5.00. The first-order valence-electron chi connectivity index (χ1n) is 13.2. The molecule has 3 amide bonds. The minimum absolute atomic E-state index is 0.248. The number of aryl methyl sites for hydroxylation is 1. The van der Waals surface area contributed by atoms with Gasteiger partial charge in [0.2, 0.25) is 6.17 Å². The van der Waals surface area contributed by atoms with Gasteiger partial charge in [-0.1, -0.05) is 78.9 Å². The van der Waals surface area contributed by atoms with Crippen LogP contribution in [0.5, 0.6) is 0 Å². The average molecular weight is 561 g/mol. The van der Waals surface area contributed by atoms with Gasteiger partial charge >= 0.3 is 12.0 Å². The van der Waals surface area contributed by atoms with Crippen molar-refractivity contribution in [2.45, 2.75) is 13.1 Å². The van der Waals surface area contributed by atoms with Crippen molar-refractivity contribution < 1.29 is 23.9 Å². The molecule has 42 heavy (non-hydrogen) atoms. The quantitative estimate of drug-likeness (QED) is 0.244. The van der Waals surface area contributed by atoms with E-state index in [9.17, 15) is 19.2 Å². The Morgan fingerprint density at radius 1 is 0.881 bits per heavy atom. The minimum Gasteiger partial charge on any atom is -0.465 e. The van der Waals surface area contributed by atoms with Crippen LogP contribution in [0.1, 0.15) is 37.4 Å². The average Bonchev–Trinajstić information content (AvgIpc) is 3.12. The Morgan fingerprint density at radius 2 is 1.60 bits per heavy atom. The molecule has 0 radical (unpaired) electrons. The molecule has 0 unspecified atom stereocenters. The molecule has 5 rings (SSSR count). The molecule has 0 spiro atoms. The molecule has 1 aliphatic rings. The number of para-hydroxylation sites is 1. The molecule has 210 valence electrons. The number of carbonyl (C=O) groups excluding carboxylic acids is 4. The normalized spacial score (nSPS) is 14.2. The predicted molar refractivity (Wildman–Crippen MR) is 160 cm³/mol. The van der Waals surface area contributed by atoms with Crippen LogP contribution in [0.3, 0.4) is 0 Å². The van der Waals surface area contributed by atoms with E-state index in [1.165, 1.54) is 18.1 Å². The first-order chi connectivity index (χ1) is 20.4. The first-order valence-corrected chi connectivity index (χ1v) is 13.2. The highest BCUT2D eigenvalue weighted by atomic mass is 16.5. The van der Waals surface area contributed by atoms with E-state index in [1.807, 2.05) is 61.5 Å². The van der Waals surface area contributed by atoms with E-state index >= 15 is 0 Å². The summed E-state index contributed by atoms with van der Waals surface area (Å²) in [6, 6.07) is 29.2. The van der Waals surface area contributed by atoms with E-state index in [-0.39, 0.29) is 17.9 Å². The number of ether oxygens (including phenoxy) is 1. The number of nitrogens with zero attached hydrogens (tertiary/aromatic N) is 2. The number of methoxy groups -OCH3 is 1. The van der Waals surface area contributed by atoms with E-state index in [1.54, 1.807) is 42.5 Å². The van der Waals surface area contributed by atoms with Gasteiger partial charge in [-0.05, 0) is 36.8 Å². The Balaban J connectivity index is 1.51. The van der Waals surface area contributed by atoms with Crippen molar-refractivity contribution in [2.24, 2.45) is 4.99 Å². The molecule has 9 nitrogen and oxygen atoms in total. The maximum Gasteiger partial charge on any atom is 0.337 e. The molecule has 0 aliphatic carbocycles. The number of carbonyl (C=O) groups is 4. The summed E-state index contributed by atoms with van der Waals surface area (Å²) < 4.78 is 4.75. The molecule has 0 aromatic heterocycles. The van der Waals surface area contributed by atoms with Crippen LogP contribution >= 0.6 is 0 Å². The maximum absolute atomic E-state index is 14.1. The summed E-state index contributed by atoms with van der Waals surface area (Å²) in [4.78, 5) is 58.7. The highest BCUT2D eigenvalue weighted by Crippen LogP contribution is 2.29. The lowest BCUT2D eigenvalue weighted by molar-refractivity contribution is -0.120. The van der Waals surface area contributed by atoms with Crippen LogP contribution < -0.4 is 15.5 Å². The van der Waals surface area contributed by atoms with Gasteiger partial charge in [0, 0.05) is 22.4 Å². The largest absolute Gasteiger partial charge is 0.465 e. The van der Waals surface area contributed by atoms with Gasteiger partial charge in [-0.2, -0.15) is 0 Å². The summed E-state index contributed by atoms with van der Waals surface area (Å²) in [7, 11) is 1.27. The minimum atomic E-state index is -1.36. The molecule has 0 saturated carbocycles. The van der Waals surface area contributed by atoms with Crippen molar-refractivity contribution in [1.29, 1.82) is 0 Å². The van der Waals surface area contributed by atoms with E-state index in [0.717, 1.165) is 11.1 Å². The summed E-state index contributed by atoms with van der Waals surface area (Å²) >= 11 is 0. The SMILES string of the molecule is COC(=O)c1cccc(NC(=O)N[C@@H]2N=C(c3ccccc3)c3ccccc3N(CC(=O)c3ccccc3C)C2=O)c1. The molecular formula is C33H28N4O5. The number of fused-ring (bicyclic) bond motifs is 1. The van der Waals surface area contributed by atoms with Gasteiger partial charge in [0.15, 0.2) is 5.78 Å². The van der Waals surface area contributed by atoms with Gasteiger partial charge in [0.1, 0.15) is 0 Å². The fourth-order valence-electron chi connectivity index (χ4n) is 4.76. The maximum atomic E-state index is 14.1. The fourth-order valence-corrected chi connectivity index (χ4v) is 4.76. The Hall–Kier alpha value is -5.57. The number of esters is 1. The van der Waals surface area contributed by atoms with E-state index < -0.39 is 24.1 Å². The first kappa shape index (κ1) is 28.0. The molecule has 4 aromatic rings. The smallest absolute Gasteiger partial charge is 0.337 e. The number of amides is 3. The van der Waals surface area contributed by atoms with Crippen LogP contribution in [0.25, 0.3) is 0 Å². The molecule has 2 N–H and O–H groups in total. The van der Waals surface area contributed by atoms with Crippen LogP contribution in [0.2, 0.25) is 0 Å². The molecular weight excluding hydrogens is 532 g/mol. The van der Waals surface area contributed by atoms with Crippen molar-refractivity contribution in [2.75, 3.05) is 23.9 Å². The van der Waals surface area contributed by atoms with Gasteiger partial charge in [-0.3, -0.25) is 9.59 Å². The van der Waals surface area contributed by atoms with Gasteiger partial charge in [0.25, 0.3) is 5.91 Å². The van der Waals surface area contributed by atoms with E-state index in [2.05, 4.69) is 10.6 Å². The number of aliphatic imine (C=N–C) groups is 1. The summed E-state index contributed by atoms with van der Waals surface area (Å²) in [6.45, 7) is 1.59. The third-order valence-corrected chi connectivity index (χ3v) is 6.81. The second-order valence-electron chi connectivity index (χ2n) is 9.60. The number of Topliss-reactive ketones (excluding diaryl/α,β-unsaturated/α-hetero) is 1. The molecule has 1 atom stereocenters. The number of nitrogens with one attached hydrogen (secondary N) is 2. The number of hydrogen-bond acceptors (Lipinski definition) is 6. The molecule has 1 heterocycles. The summed E-state index contributed by atoms with van der Waals surface area (Å²) in [5, 5.41) is 5.30. The lowest BCUT2D eigenvalue weighted by Gasteiger charge is -2.25. The lowest BCUT2D eigenvalue weighted by Crippen LogP contribution is -2.50. The molecule has 0 bridgehead atoms. The lowest BCUT2D eigenvalue weighted by atomic mass is 9.99. The highest BCUT2D eigenvalue weighted by molar-refractivity contribution is 6.21. The third-order valence-electron chi connectivity index (χ3n) is 6.81. The summed E-state index contributed by atoms with van der Waals surface area (Å²) in [6.07, 6.45) is -1.36. The Kier molecular flexibility index (Phi) is 8.19. The second kappa shape index (κ2) is 12.3. The zero-order valence-electron chi connectivity index (χ0n) is 23.0. The number of benzene rings is 4. The van der Waals surface area contributed by atoms with Crippen LogP contribution in [0, 0.1) is 6.92 Å². The molecule has 0 fully saturated rings. The zero-order chi connectivity index (χ0) is 29.6. The second-order valence-corrected chi connectivity index (χ2v) is 9.60. The Morgan fingerprint density at radius 3 is 2.36 bits per heavy atom. The van der Waals surface area contributed by atoms with Crippen LogP contribution in [-0.2, 0) is 9.53 Å². The van der Waals surface area contributed by atoms with Crippen molar-refractivity contribution in [3.8, 4) is 0 Å². The summed E-state index contributed by atoms with van der Waals surface area (Å²) in [5.74, 6) is -1.38. The number of hydrogen-bond donors (Lipinski definition) is 2. The Bertz CT molecular complexity index is 1700. The fraction of sp³-hybridized carbons (Fsp3) is 0.121. The van der Waals surface area contributed by atoms with E-state index in [0.29, 0.717) is 28.2 Å². The summed E-state index contributed by atoms with van der Waals surface area (Å²) in [5.41, 5.74) is 4.24. The number of benzodiazepines with no additional fused rings is 1. The van der Waals surface area contributed by atoms with Crippen molar-refractivity contribution in [3.63, 3.8) is 0 Å². The van der Waals surface area contributed by atoms with Gasteiger partial charge in [0.05, 0.1) is 30.6 Å². The Labute approximate surface area is 242 Å². The van der Waals surface area contributed by atoms with Crippen molar-refractivity contribution in [3.05, 3.63) is 131 Å². The highest BCUT2D eigenvalue weighted by Gasteiger charge is 2.34. The van der Waals surface area contributed by atoms with Gasteiger partial charge in [-0.25, -0.2) is 14.6 Å². The zero-order valence-corrected chi connectivity index (χ0v) is 23.0. The number of rotatable bonds is 7. The van der Waals surface area contributed by atoms with Gasteiger partial charge < -0.3 is 20.3 Å². The number of ketones is 1. The monoisotopic (exact) mass is 560 g/mol. The molecule has 1 aliphatic heterocycles. The molecule has 0 saturated heterocycles. The topological polar surface area (TPSA) is 117 Å². The number of anilines is 2. The molecule has 4 aromatic carbocycles. The van der Waals surface area contributed by atoms with Crippen LogP contribution in [0.4, 0.5) is 16.2 Å². The van der Waals surface area contributed by atoms with Crippen LogP contribution in [-0.4, -0.2) is 49.2 Å². The third kappa shape index (κ3) is 5.95. The molecule has 9 heteroatoms. The van der Waals surface area contributed by atoms with Crippen molar-refractivity contribution >= 4 is 40.8 Å². The standard InChI is InChI=1S/C33H28N4O5/c1-21-11-6-7-16-25(21)28(38)20-37-27-18-9-8-17-26(27)29(22-12-4-3-5-13-22)35-30(31(37)39)36-33(41)34-24-15-10-14-23(19-24)32(40)42-2/h3-19,30H,20H2,1-2H3,(H2,34,36,41)/t30-/m0/s1. The van der Waals surface area contributed by atoms with Crippen molar-refractivity contribution in [1.82, 2.24) is 5.32 Å². The van der Waals surface area contributed by atoms with E-state index in [4.69, 9.17) is 9.73 Å². The van der Waals surface area contributed by atoms with Crippen LogP contribution in [0.15, 0.2) is 108 Å². The number of urea groups is 1. The van der Waals surface area contributed by atoms with Gasteiger partial charge in [-0.15, -0.1) is 0 Å².